The van der Waals surface area contributed by atoms with Crippen molar-refractivity contribution in [3.63, 3.8) is 0 Å². The molecule has 0 radical (unpaired) electrons. The predicted molar refractivity (Wildman–Crippen MR) is 147 cm³/mol. The van der Waals surface area contributed by atoms with Crippen LogP contribution >= 0.6 is 0 Å². The second kappa shape index (κ2) is 16.8. The molecule has 0 aliphatic rings. The molecule has 5 N–H and O–H groups in total. The molecule has 14 nitrogen and oxygen atoms in total. The first-order valence-corrected chi connectivity index (χ1v) is 13.1. The van der Waals surface area contributed by atoms with Gasteiger partial charge in [-0.25, -0.2) is 9.59 Å². The smallest absolute Gasteiger partial charge is 0.414 e. The van der Waals surface area contributed by atoms with Crippen molar-refractivity contribution in [2.24, 2.45) is 0 Å². The fourth-order valence-electron chi connectivity index (χ4n) is 3.59. The van der Waals surface area contributed by atoms with Crippen LogP contribution in [0.1, 0.15) is 45.6 Å². The molecule has 0 aliphatic carbocycles. The summed E-state index contributed by atoms with van der Waals surface area (Å²) in [5.74, 6) is -4.72. The zero-order chi connectivity index (χ0) is 31.2. The van der Waals surface area contributed by atoms with E-state index >= 15 is 0 Å². The van der Waals surface area contributed by atoms with Gasteiger partial charge in [-0.2, -0.15) is 0 Å². The highest BCUT2D eigenvalue weighted by Crippen LogP contribution is 2.25. The molecule has 0 saturated carbocycles. The van der Waals surface area contributed by atoms with Gasteiger partial charge < -0.3 is 44.7 Å². The number of aliphatic hydroxyl groups is 1. The van der Waals surface area contributed by atoms with Crippen LogP contribution in [0.5, 0.6) is 5.75 Å². The third kappa shape index (κ3) is 11.8. The van der Waals surface area contributed by atoms with E-state index in [0.717, 1.165) is 36.1 Å². The van der Waals surface area contributed by atoms with Crippen LogP contribution in [0.3, 0.4) is 0 Å². The minimum atomic E-state index is -2.74. The number of amides is 1. The number of aromatic nitrogens is 1. The van der Waals surface area contributed by atoms with Gasteiger partial charge in [0, 0.05) is 49.7 Å². The number of carbonyl (C=O) groups is 5. The van der Waals surface area contributed by atoms with E-state index in [4.69, 9.17) is 29.9 Å². The molecule has 2 rings (SSSR count). The number of benzene rings is 1. The number of carbonyl (C=O) groups excluding carboxylic acids is 2. The summed E-state index contributed by atoms with van der Waals surface area (Å²) in [6.45, 7) is 9.75. The van der Waals surface area contributed by atoms with Crippen LogP contribution in [0.4, 0.5) is 4.79 Å². The van der Waals surface area contributed by atoms with Gasteiger partial charge in [-0.15, -0.1) is 0 Å². The number of hydrogen-bond acceptors (Lipinski definition) is 9. The van der Waals surface area contributed by atoms with Crippen molar-refractivity contribution < 1.29 is 53.9 Å². The number of nitrogens with one attached hydrogen (secondary N) is 1. The maximum atomic E-state index is 12.0. The second-order valence-corrected chi connectivity index (χ2v) is 9.13. The molecular weight excluding hydrogens is 542 g/mol. The molecule has 1 aromatic heterocycles. The molecule has 228 valence electrons. The van der Waals surface area contributed by atoms with Gasteiger partial charge in [0.2, 0.25) is 0 Å². The Morgan fingerprint density at radius 2 is 1.56 bits per heavy atom. The number of ether oxygens (including phenoxy) is 2. The minimum Gasteiger partial charge on any atom is -0.481 e. The fourth-order valence-corrected chi connectivity index (χ4v) is 3.59. The highest BCUT2D eigenvalue weighted by Gasteiger charge is 2.40. The summed E-state index contributed by atoms with van der Waals surface area (Å²) in [6, 6.07) is 5.47. The quantitative estimate of drug-likeness (QED) is 0.192. The summed E-state index contributed by atoms with van der Waals surface area (Å²) in [5.41, 5.74) is -0.828. The molecule has 14 heteroatoms. The Hall–Kier alpha value is -4.17. The van der Waals surface area contributed by atoms with Gasteiger partial charge in [0.15, 0.2) is 5.60 Å². The number of carboxylic acids is 3. The first kappa shape index (κ1) is 34.9. The van der Waals surface area contributed by atoms with Crippen molar-refractivity contribution in [3.05, 3.63) is 30.0 Å². The molecule has 0 aliphatic heterocycles. The third-order valence-corrected chi connectivity index (χ3v) is 6.18. The highest BCUT2D eigenvalue weighted by atomic mass is 16.6. The van der Waals surface area contributed by atoms with Crippen molar-refractivity contribution in [2.75, 3.05) is 39.8 Å². The number of hydrogen-bond donors (Lipinski definition) is 5. The number of likely N-dealkylation sites (N-methyl/N-ethyl adjacent to an activating group) is 1. The average molecular weight is 582 g/mol. The Bertz CT molecular complexity index is 1170. The van der Waals surface area contributed by atoms with Crippen molar-refractivity contribution in [1.29, 1.82) is 0 Å². The predicted octanol–water partition coefficient (Wildman–Crippen LogP) is 2.19. The number of fused-ring (bicyclic) bond motifs is 1. The van der Waals surface area contributed by atoms with E-state index in [1.807, 2.05) is 19.2 Å². The van der Waals surface area contributed by atoms with Gasteiger partial charge in [0.05, 0.1) is 12.8 Å². The van der Waals surface area contributed by atoms with Crippen LogP contribution < -0.4 is 4.74 Å². The van der Waals surface area contributed by atoms with Gasteiger partial charge in [-0.05, 0) is 44.1 Å². The lowest BCUT2D eigenvalue weighted by molar-refractivity contribution is -0.170. The molecule has 0 saturated heterocycles. The Morgan fingerprint density at radius 3 is 2.07 bits per heavy atom. The van der Waals surface area contributed by atoms with Gasteiger partial charge in [-0.3, -0.25) is 14.4 Å². The fraction of sp³-hybridized carbons (Fsp3) is 0.519. The SMILES string of the molecule is CCN(CC)CCOC(=O)CCc1c[nH]c2cc(OC(=O)N(C)CC)ccc12.O=C(O)CC(O)(CC(=O)O)C(=O)O. The van der Waals surface area contributed by atoms with E-state index in [1.165, 1.54) is 4.90 Å². The minimum absolute atomic E-state index is 0.186. The van der Waals surface area contributed by atoms with Crippen molar-refractivity contribution in [3.8, 4) is 5.75 Å². The number of aromatic amines is 1. The summed E-state index contributed by atoms with van der Waals surface area (Å²) >= 11 is 0. The third-order valence-electron chi connectivity index (χ3n) is 6.18. The number of nitrogens with zero attached hydrogens (tertiary/aromatic N) is 2. The van der Waals surface area contributed by atoms with E-state index < -0.39 is 36.4 Å². The van der Waals surface area contributed by atoms with Gasteiger partial charge in [0.1, 0.15) is 12.4 Å². The summed E-state index contributed by atoms with van der Waals surface area (Å²) in [7, 11) is 1.69. The Kier molecular flexibility index (Phi) is 14.3. The second-order valence-electron chi connectivity index (χ2n) is 9.13. The number of H-pyrrole nitrogens is 1. The lowest BCUT2D eigenvalue weighted by Crippen LogP contribution is -2.42. The normalized spacial score (nSPS) is 11.0. The van der Waals surface area contributed by atoms with Crippen LogP contribution in [0, 0.1) is 0 Å². The van der Waals surface area contributed by atoms with Crippen LogP contribution in [0.25, 0.3) is 10.9 Å². The first-order valence-electron chi connectivity index (χ1n) is 13.1. The Morgan fingerprint density at radius 1 is 0.951 bits per heavy atom. The molecule has 0 atom stereocenters. The van der Waals surface area contributed by atoms with Crippen molar-refractivity contribution >= 4 is 40.9 Å². The van der Waals surface area contributed by atoms with Crippen LogP contribution in [0.2, 0.25) is 0 Å². The number of esters is 1. The summed E-state index contributed by atoms with van der Waals surface area (Å²) in [5, 5.41) is 34.8. The molecular formula is C27H39N3O11. The van der Waals surface area contributed by atoms with E-state index in [2.05, 4.69) is 23.7 Å². The topological polar surface area (TPSA) is 207 Å². The number of carboxylic acid groups (broad SMARTS) is 3. The van der Waals surface area contributed by atoms with Crippen molar-refractivity contribution in [2.45, 2.75) is 52.1 Å². The molecule has 1 heterocycles. The standard InChI is InChI=1S/C21H31N3O4.C6H8O7/c1-5-23(4)21(26)28-17-9-10-18-16(15-22-19(18)14-17)8-11-20(25)27-13-12-24(6-2)7-3;7-3(8)1-6(13,5(11)12)2-4(9)10/h9-10,14-15,22H,5-8,11-13H2,1-4H3;13H,1-2H2,(H,7,8)(H,9,10)(H,11,12). The van der Waals surface area contributed by atoms with Crippen LogP contribution in [0.15, 0.2) is 24.4 Å². The Labute approximate surface area is 237 Å². The van der Waals surface area contributed by atoms with Crippen molar-refractivity contribution in [1.82, 2.24) is 14.8 Å². The van der Waals surface area contributed by atoms with Crippen LogP contribution in [-0.2, 0) is 30.3 Å². The maximum Gasteiger partial charge on any atom is 0.414 e. The number of rotatable bonds is 15. The van der Waals surface area contributed by atoms with Gasteiger partial charge in [0.25, 0.3) is 0 Å². The summed E-state index contributed by atoms with van der Waals surface area (Å²) in [4.78, 5) is 61.2. The van der Waals surface area contributed by atoms with E-state index in [0.29, 0.717) is 31.7 Å². The molecule has 41 heavy (non-hydrogen) atoms. The lowest BCUT2D eigenvalue weighted by Gasteiger charge is -2.18. The largest absolute Gasteiger partial charge is 0.481 e. The zero-order valence-corrected chi connectivity index (χ0v) is 23.7. The maximum absolute atomic E-state index is 12.0. The van der Waals surface area contributed by atoms with Crippen LogP contribution in [-0.4, -0.2) is 111 Å². The van der Waals surface area contributed by atoms with Gasteiger partial charge >= 0.3 is 30.0 Å². The summed E-state index contributed by atoms with van der Waals surface area (Å²) < 4.78 is 10.7. The Balaban J connectivity index is 0.000000545. The summed E-state index contributed by atoms with van der Waals surface area (Å²) in [6.07, 6.45) is 0.146. The zero-order valence-electron chi connectivity index (χ0n) is 23.7. The van der Waals surface area contributed by atoms with E-state index in [-0.39, 0.29) is 12.1 Å². The highest BCUT2D eigenvalue weighted by molar-refractivity contribution is 5.88. The van der Waals surface area contributed by atoms with E-state index in [1.54, 1.807) is 19.2 Å². The monoisotopic (exact) mass is 581 g/mol. The number of aryl methyl sites for hydroxylation is 1. The molecule has 2 aromatic rings. The molecule has 0 spiro atoms. The molecule has 0 bridgehead atoms. The van der Waals surface area contributed by atoms with Gasteiger partial charge in [-0.1, -0.05) is 13.8 Å². The first-order chi connectivity index (χ1) is 19.3. The lowest BCUT2D eigenvalue weighted by atomic mass is 9.96. The molecule has 1 amide bonds. The van der Waals surface area contributed by atoms with E-state index in [9.17, 15) is 24.0 Å². The molecule has 0 unspecified atom stereocenters. The number of aliphatic carboxylic acids is 3. The average Bonchev–Trinajstić information content (AvgIpc) is 3.31. The molecule has 0 fully saturated rings. The molecule has 1 aromatic carbocycles.